The number of nitriles is 1. The molecule has 0 atom stereocenters. The first-order chi connectivity index (χ1) is 9.30. The summed E-state index contributed by atoms with van der Waals surface area (Å²) in [6.07, 6.45) is 0.467. The smallest absolute Gasteiger partial charge is 0.339 e. The van der Waals surface area contributed by atoms with Gasteiger partial charge < -0.3 is 14.6 Å². The molecule has 0 aliphatic heterocycles. The standard InChI is InChI=1S/C14H16ClNO4/c1-14(2,8-16)4-5-20-12-10(13(17)18)6-9(15)7-11(12)19-3/h6-7H,4-5H2,1-3H3,(H,17,18). The summed E-state index contributed by atoms with van der Waals surface area (Å²) in [5.74, 6) is -0.775. The summed E-state index contributed by atoms with van der Waals surface area (Å²) in [6, 6.07) is 4.94. The number of methoxy groups -OCH3 is 1. The normalized spacial score (nSPS) is 10.8. The average Bonchev–Trinajstić information content (AvgIpc) is 2.39. The molecule has 0 unspecified atom stereocenters. The topological polar surface area (TPSA) is 79.6 Å². The second kappa shape index (κ2) is 6.49. The molecule has 0 saturated heterocycles. The van der Waals surface area contributed by atoms with E-state index in [9.17, 15) is 4.79 Å². The summed E-state index contributed by atoms with van der Waals surface area (Å²) >= 11 is 5.83. The van der Waals surface area contributed by atoms with E-state index in [1.54, 1.807) is 13.8 Å². The van der Waals surface area contributed by atoms with Crippen LogP contribution in [-0.2, 0) is 0 Å². The van der Waals surface area contributed by atoms with Crippen molar-refractivity contribution in [2.24, 2.45) is 5.41 Å². The Morgan fingerprint density at radius 2 is 2.15 bits per heavy atom. The van der Waals surface area contributed by atoms with Crippen molar-refractivity contribution in [2.45, 2.75) is 20.3 Å². The number of carbonyl (C=O) groups is 1. The van der Waals surface area contributed by atoms with Crippen LogP contribution in [0.25, 0.3) is 0 Å². The lowest BCUT2D eigenvalue weighted by molar-refractivity contribution is 0.0691. The molecule has 1 aromatic carbocycles. The van der Waals surface area contributed by atoms with Crippen molar-refractivity contribution >= 4 is 17.6 Å². The number of carboxylic acid groups (broad SMARTS) is 1. The molecule has 0 radical (unpaired) electrons. The molecule has 1 rings (SSSR count). The van der Waals surface area contributed by atoms with Crippen LogP contribution < -0.4 is 9.47 Å². The van der Waals surface area contributed by atoms with Crippen LogP contribution in [0.1, 0.15) is 30.6 Å². The third-order valence-electron chi connectivity index (χ3n) is 2.75. The third-order valence-corrected chi connectivity index (χ3v) is 2.96. The van der Waals surface area contributed by atoms with Crippen molar-refractivity contribution in [3.8, 4) is 17.6 Å². The first-order valence-electron chi connectivity index (χ1n) is 5.95. The molecule has 0 spiro atoms. The van der Waals surface area contributed by atoms with Crippen molar-refractivity contribution in [1.82, 2.24) is 0 Å². The Labute approximate surface area is 122 Å². The van der Waals surface area contributed by atoms with Gasteiger partial charge in [0.1, 0.15) is 5.56 Å². The zero-order valence-corrected chi connectivity index (χ0v) is 12.3. The molecule has 108 valence electrons. The highest BCUT2D eigenvalue weighted by atomic mass is 35.5. The minimum Gasteiger partial charge on any atom is -0.493 e. The van der Waals surface area contributed by atoms with Gasteiger partial charge in [-0.15, -0.1) is 0 Å². The lowest BCUT2D eigenvalue weighted by atomic mass is 9.92. The number of rotatable bonds is 6. The molecule has 0 saturated carbocycles. The molecule has 1 aromatic rings. The Kier molecular flexibility index (Phi) is 5.23. The number of hydrogen-bond donors (Lipinski definition) is 1. The summed E-state index contributed by atoms with van der Waals surface area (Å²) in [6.45, 7) is 3.78. The van der Waals surface area contributed by atoms with Crippen molar-refractivity contribution in [3.05, 3.63) is 22.7 Å². The minimum absolute atomic E-state index is 0.0656. The van der Waals surface area contributed by atoms with Crippen LogP contribution in [0.2, 0.25) is 5.02 Å². The number of carboxylic acids is 1. The zero-order valence-electron chi connectivity index (χ0n) is 11.6. The van der Waals surface area contributed by atoms with Gasteiger partial charge in [-0.3, -0.25) is 0 Å². The van der Waals surface area contributed by atoms with Crippen molar-refractivity contribution < 1.29 is 19.4 Å². The fourth-order valence-electron chi connectivity index (χ4n) is 1.49. The number of nitrogens with zero attached hydrogens (tertiary/aromatic N) is 1. The van der Waals surface area contributed by atoms with Crippen LogP contribution in [0.15, 0.2) is 12.1 Å². The molecular weight excluding hydrogens is 282 g/mol. The van der Waals surface area contributed by atoms with E-state index in [0.717, 1.165) is 0 Å². The lowest BCUT2D eigenvalue weighted by Gasteiger charge is -2.17. The first kappa shape index (κ1) is 16.1. The van der Waals surface area contributed by atoms with E-state index in [-0.39, 0.29) is 28.7 Å². The number of ether oxygens (including phenoxy) is 2. The number of halogens is 1. The number of hydrogen-bond acceptors (Lipinski definition) is 4. The van der Waals surface area contributed by atoms with Gasteiger partial charge in [-0.1, -0.05) is 11.6 Å². The zero-order chi connectivity index (χ0) is 15.3. The molecule has 0 aliphatic carbocycles. The highest BCUT2D eigenvalue weighted by molar-refractivity contribution is 6.31. The molecule has 0 aromatic heterocycles. The summed E-state index contributed by atoms with van der Waals surface area (Å²) in [5, 5.41) is 18.4. The summed E-state index contributed by atoms with van der Waals surface area (Å²) in [4.78, 5) is 11.2. The van der Waals surface area contributed by atoms with Gasteiger partial charge in [0.15, 0.2) is 11.5 Å². The molecule has 6 heteroatoms. The predicted octanol–water partition coefficient (Wildman–Crippen LogP) is 3.37. The van der Waals surface area contributed by atoms with E-state index in [2.05, 4.69) is 6.07 Å². The van der Waals surface area contributed by atoms with E-state index < -0.39 is 11.4 Å². The maximum atomic E-state index is 11.2. The summed E-state index contributed by atoms with van der Waals surface area (Å²) in [5.41, 5.74) is -0.604. The van der Waals surface area contributed by atoms with Crippen LogP contribution in [0.5, 0.6) is 11.5 Å². The monoisotopic (exact) mass is 297 g/mol. The molecule has 1 N–H and O–H groups in total. The Hall–Kier alpha value is -1.93. The molecule has 5 nitrogen and oxygen atoms in total. The first-order valence-corrected chi connectivity index (χ1v) is 6.33. The van der Waals surface area contributed by atoms with Gasteiger partial charge in [-0.25, -0.2) is 4.79 Å². The van der Waals surface area contributed by atoms with E-state index >= 15 is 0 Å². The van der Waals surface area contributed by atoms with Crippen molar-refractivity contribution in [1.29, 1.82) is 5.26 Å². The average molecular weight is 298 g/mol. The molecule has 0 fully saturated rings. The molecular formula is C14H16ClNO4. The fraction of sp³-hybridized carbons (Fsp3) is 0.429. The van der Waals surface area contributed by atoms with Crippen LogP contribution in [-0.4, -0.2) is 24.8 Å². The van der Waals surface area contributed by atoms with Crippen LogP contribution in [0, 0.1) is 16.7 Å². The molecule has 20 heavy (non-hydrogen) atoms. The maximum Gasteiger partial charge on any atom is 0.339 e. The van der Waals surface area contributed by atoms with Gasteiger partial charge in [0.2, 0.25) is 0 Å². The van der Waals surface area contributed by atoms with Gasteiger partial charge in [0.25, 0.3) is 0 Å². The lowest BCUT2D eigenvalue weighted by Crippen LogP contribution is -2.14. The Morgan fingerprint density at radius 1 is 1.50 bits per heavy atom. The Balaban J connectivity index is 2.99. The quantitative estimate of drug-likeness (QED) is 0.871. The minimum atomic E-state index is -1.15. The van der Waals surface area contributed by atoms with Gasteiger partial charge >= 0.3 is 5.97 Å². The highest BCUT2D eigenvalue weighted by Crippen LogP contribution is 2.35. The van der Waals surface area contributed by atoms with E-state index in [0.29, 0.717) is 6.42 Å². The van der Waals surface area contributed by atoms with Crippen LogP contribution in [0.3, 0.4) is 0 Å². The summed E-state index contributed by atoms with van der Waals surface area (Å²) < 4.78 is 10.6. The molecule has 0 bridgehead atoms. The largest absolute Gasteiger partial charge is 0.493 e. The SMILES string of the molecule is COc1cc(Cl)cc(C(=O)O)c1OCCC(C)(C)C#N. The Morgan fingerprint density at radius 3 is 2.65 bits per heavy atom. The maximum absolute atomic E-state index is 11.2. The van der Waals surface area contributed by atoms with Crippen LogP contribution in [0.4, 0.5) is 0 Å². The second-order valence-corrected chi connectivity index (χ2v) is 5.32. The van der Waals surface area contributed by atoms with Gasteiger partial charge in [0, 0.05) is 11.1 Å². The predicted molar refractivity (Wildman–Crippen MR) is 74.5 cm³/mol. The fourth-order valence-corrected chi connectivity index (χ4v) is 1.70. The van der Waals surface area contributed by atoms with E-state index in [4.69, 9.17) is 31.4 Å². The molecule has 0 amide bonds. The molecule has 0 heterocycles. The van der Waals surface area contributed by atoms with Crippen molar-refractivity contribution in [2.75, 3.05) is 13.7 Å². The Bertz CT molecular complexity index is 549. The van der Waals surface area contributed by atoms with E-state index in [1.165, 1.54) is 19.2 Å². The van der Waals surface area contributed by atoms with Gasteiger partial charge in [0.05, 0.1) is 25.2 Å². The van der Waals surface area contributed by atoms with Crippen LogP contribution >= 0.6 is 11.6 Å². The molecule has 0 aliphatic rings. The van der Waals surface area contributed by atoms with Crippen molar-refractivity contribution in [3.63, 3.8) is 0 Å². The number of aromatic carboxylic acids is 1. The number of benzene rings is 1. The highest BCUT2D eigenvalue weighted by Gasteiger charge is 2.21. The summed E-state index contributed by atoms with van der Waals surface area (Å²) in [7, 11) is 1.41. The second-order valence-electron chi connectivity index (χ2n) is 4.88. The van der Waals surface area contributed by atoms with Gasteiger partial charge in [-0.05, 0) is 26.3 Å². The van der Waals surface area contributed by atoms with Gasteiger partial charge in [-0.2, -0.15) is 5.26 Å². The third kappa shape index (κ3) is 4.04. The van der Waals surface area contributed by atoms with E-state index in [1.807, 2.05) is 0 Å².